The van der Waals surface area contributed by atoms with E-state index in [4.69, 9.17) is 19.2 Å². The first kappa shape index (κ1) is 24.5. The van der Waals surface area contributed by atoms with Crippen molar-refractivity contribution in [1.29, 1.82) is 0 Å². The van der Waals surface area contributed by atoms with Gasteiger partial charge < -0.3 is 19.3 Å². The van der Waals surface area contributed by atoms with E-state index in [1.807, 2.05) is 61.5 Å². The SMILES string of the molecule is Cc1c(COc2cccc(OCCC(C)(C)O)c2)nc2ccc(F)cc2c1OCc1ccccc1. The zero-order valence-corrected chi connectivity index (χ0v) is 20.3. The van der Waals surface area contributed by atoms with Gasteiger partial charge in [-0.1, -0.05) is 36.4 Å². The fourth-order valence-corrected chi connectivity index (χ4v) is 3.63. The topological polar surface area (TPSA) is 60.8 Å². The summed E-state index contributed by atoms with van der Waals surface area (Å²) in [6.07, 6.45) is 0.518. The third-order valence-electron chi connectivity index (χ3n) is 5.62. The Hall–Kier alpha value is -3.64. The Morgan fingerprint density at radius 3 is 2.34 bits per heavy atom. The number of ether oxygens (including phenoxy) is 3. The van der Waals surface area contributed by atoms with Crippen molar-refractivity contribution >= 4 is 10.9 Å². The predicted octanol–water partition coefficient (Wildman–Crippen LogP) is 6.38. The van der Waals surface area contributed by atoms with Crippen LogP contribution in [0.25, 0.3) is 10.9 Å². The number of nitrogens with zero attached hydrogens (tertiary/aromatic N) is 1. The van der Waals surface area contributed by atoms with E-state index in [0.29, 0.717) is 53.5 Å². The highest BCUT2D eigenvalue weighted by Gasteiger charge is 2.16. The molecule has 0 saturated heterocycles. The van der Waals surface area contributed by atoms with Crippen LogP contribution in [0.5, 0.6) is 17.2 Å². The predicted molar refractivity (Wildman–Crippen MR) is 134 cm³/mol. The summed E-state index contributed by atoms with van der Waals surface area (Å²) >= 11 is 0. The molecule has 0 fully saturated rings. The quantitative estimate of drug-likeness (QED) is 0.288. The van der Waals surface area contributed by atoms with E-state index in [0.717, 1.165) is 11.1 Å². The summed E-state index contributed by atoms with van der Waals surface area (Å²) in [5.41, 5.74) is 2.39. The Bertz CT molecular complexity index is 1290. The van der Waals surface area contributed by atoms with Crippen LogP contribution >= 0.6 is 0 Å². The van der Waals surface area contributed by atoms with Crippen molar-refractivity contribution in [3.8, 4) is 17.2 Å². The van der Waals surface area contributed by atoms with Crippen LogP contribution in [0.15, 0.2) is 72.8 Å². The molecule has 0 aliphatic heterocycles. The Labute approximate surface area is 205 Å². The normalized spacial score (nSPS) is 11.5. The third kappa shape index (κ3) is 6.70. The third-order valence-corrected chi connectivity index (χ3v) is 5.62. The Morgan fingerprint density at radius 1 is 0.857 bits per heavy atom. The largest absolute Gasteiger partial charge is 0.493 e. The summed E-state index contributed by atoms with van der Waals surface area (Å²) in [6, 6.07) is 21.7. The molecule has 0 atom stereocenters. The molecule has 0 unspecified atom stereocenters. The summed E-state index contributed by atoms with van der Waals surface area (Å²) in [5.74, 6) is 1.56. The lowest BCUT2D eigenvalue weighted by atomic mass is 10.1. The standard InChI is InChI=1S/C29H30FNO4/c1-20-27(19-34-24-11-7-10-23(17-24)33-15-14-29(2,3)32)31-26-13-12-22(30)16-25(26)28(20)35-18-21-8-5-4-6-9-21/h4-13,16-17,32H,14-15,18-19H2,1-3H3. The van der Waals surface area contributed by atoms with Crippen LogP contribution in [0.1, 0.15) is 37.1 Å². The van der Waals surface area contributed by atoms with Crippen molar-refractivity contribution < 1.29 is 23.7 Å². The number of hydrogen-bond donors (Lipinski definition) is 1. The first-order chi connectivity index (χ1) is 16.8. The Morgan fingerprint density at radius 2 is 1.60 bits per heavy atom. The minimum Gasteiger partial charge on any atom is -0.493 e. The van der Waals surface area contributed by atoms with Crippen LogP contribution in [-0.2, 0) is 13.2 Å². The maximum atomic E-state index is 14.0. The number of halogens is 1. The Kier molecular flexibility index (Phi) is 7.51. The van der Waals surface area contributed by atoms with Gasteiger partial charge in [0, 0.05) is 23.4 Å². The summed E-state index contributed by atoms with van der Waals surface area (Å²) in [5, 5.41) is 10.5. The summed E-state index contributed by atoms with van der Waals surface area (Å²) < 4.78 is 32.0. The van der Waals surface area contributed by atoms with Gasteiger partial charge >= 0.3 is 0 Å². The zero-order chi connectivity index (χ0) is 24.8. The molecule has 1 N–H and O–H groups in total. The summed E-state index contributed by atoms with van der Waals surface area (Å²) in [7, 11) is 0. The average Bonchev–Trinajstić information content (AvgIpc) is 2.82. The van der Waals surface area contributed by atoms with E-state index in [-0.39, 0.29) is 12.4 Å². The van der Waals surface area contributed by atoms with Gasteiger partial charge in [-0.2, -0.15) is 0 Å². The molecule has 6 heteroatoms. The summed E-state index contributed by atoms with van der Waals surface area (Å²) in [4.78, 5) is 4.71. The first-order valence-corrected chi connectivity index (χ1v) is 11.6. The molecule has 182 valence electrons. The van der Waals surface area contributed by atoms with Gasteiger partial charge in [0.1, 0.15) is 36.3 Å². The second-order valence-corrected chi connectivity index (χ2v) is 9.12. The highest BCUT2D eigenvalue weighted by molar-refractivity contribution is 5.86. The lowest BCUT2D eigenvalue weighted by molar-refractivity contribution is 0.0553. The van der Waals surface area contributed by atoms with Crippen molar-refractivity contribution in [3.05, 3.63) is 95.4 Å². The molecule has 0 amide bonds. The monoisotopic (exact) mass is 475 g/mol. The number of hydrogen-bond acceptors (Lipinski definition) is 5. The minimum absolute atomic E-state index is 0.216. The van der Waals surface area contributed by atoms with Crippen LogP contribution in [0.2, 0.25) is 0 Å². The van der Waals surface area contributed by atoms with Gasteiger partial charge in [0.2, 0.25) is 0 Å². The van der Waals surface area contributed by atoms with Crippen LogP contribution in [0, 0.1) is 12.7 Å². The van der Waals surface area contributed by atoms with E-state index in [2.05, 4.69) is 0 Å². The van der Waals surface area contributed by atoms with E-state index >= 15 is 0 Å². The lowest BCUT2D eigenvalue weighted by Crippen LogP contribution is -2.21. The second-order valence-electron chi connectivity index (χ2n) is 9.12. The number of aliphatic hydroxyl groups is 1. The summed E-state index contributed by atoms with van der Waals surface area (Å²) in [6.45, 7) is 6.39. The molecule has 5 nitrogen and oxygen atoms in total. The molecular weight excluding hydrogens is 445 g/mol. The van der Waals surface area contributed by atoms with Gasteiger partial charge in [0.15, 0.2) is 0 Å². The van der Waals surface area contributed by atoms with Crippen molar-refractivity contribution in [2.45, 2.75) is 46.0 Å². The molecule has 0 saturated carbocycles. The van der Waals surface area contributed by atoms with Crippen molar-refractivity contribution in [2.24, 2.45) is 0 Å². The smallest absolute Gasteiger partial charge is 0.134 e. The molecule has 0 radical (unpaired) electrons. The van der Waals surface area contributed by atoms with Crippen molar-refractivity contribution in [3.63, 3.8) is 0 Å². The maximum absolute atomic E-state index is 14.0. The zero-order valence-electron chi connectivity index (χ0n) is 20.3. The van der Waals surface area contributed by atoms with Crippen molar-refractivity contribution in [2.75, 3.05) is 6.61 Å². The highest BCUT2D eigenvalue weighted by Crippen LogP contribution is 2.32. The molecule has 0 spiro atoms. The van der Waals surface area contributed by atoms with Crippen LogP contribution < -0.4 is 14.2 Å². The molecular formula is C29H30FNO4. The molecule has 0 aliphatic carbocycles. The first-order valence-electron chi connectivity index (χ1n) is 11.6. The number of fused-ring (bicyclic) bond motifs is 1. The lowest BCUT2D eigenvalue weighted by Gasteiger charge is -2.18. The molecule has 35 heavy (non-hydrogen) atoms. The Balaban J connectivity index is 1.53. The van der Waals surface area contributed by atoms with Crippen LogP contribution in [0.3, 0.4) is 0 Å². The van der Waals surface area contributed by atoms with Gasteiger partial charge in [0.05, 0.1) is 23.4 Å². The van der Waals surface area contributed by atoms with Crippen molar-refractivity contribution in [1.82, 2.24) is 4.98 Å². The molecule has 0 bridgehead atoms. The van der Waals surface area contributed by atoms with Crippen LogP contribution in [0.4, 0.5) is 4.39 Å². The number of aromatic nitrogens is 1. The van der Waals surface area contributed by atoms with Gasteiger partial charge in [-0.15, -0.1) is 0 Å². The average molecular weight is 476 g/mol. The molecule has 3 aromatic carbocycles. The van der Waals surface area contributed by atoms with Gasteiger partial charge in [-0.3, -0.25) is 0 Å². The minimum atomic E-state index is -0.781. The molecule has 4 aromatic rings. The van der Waals surface area contributed by atoms with E-state index in [9.17, 15) is 9.50 Å². The fraction of sp³-hybridized carbons (Fsp3) is 0.276. The molecule has 4 rings (SSSR count). The molecule has 1 aromatic heterocycles. The van der Waals surface area contributed by atoms with E-state index in [1.54, 1.807) is 19.9 Å². The second kappa shape index (κ2) is 10.7. The van der Waals surface area contributed by atoms with Crippen LogP contribution in [-0.4, -0.2) is 22.3 Å². The fourth-order valence-electron chi connectivity index (χ4n) is 3.63. The number of rotatable bonds is 10. The number of benzene rings is 3. The van der Waals surface area contributed by atoms with Gasteiger partial charge in [0.25, 0.3) is 0 Å². The number of pyridine rings is 1. The maximum Gasteiger partial charge on any atom is 0.134 e. The molecule has 0 aliphatic rings. The van der Waals surface area contributed by atoms with Gasteiger partial charge in [-0.25, -0.2) is 9.37 Å². The van der Waals surface area contributed by atoms with E-state index < -0.39 is 5.60 Å². The molecule has 1 heterocycles. The van der Waals surface area contributed by atoms with Gasteiger partial charge in [-0.05, 0) is 56.7 Å². The van der Waals surface area contributed by atoms with E-state index in [1.165, 1.54) is 12.1 Å². The highest BCUT2D eigenvalue weighted by atomic mass is 19.1.